The van der Waals surface area contributed by atoms with Gasteiger partial charge in [0.2, 0.25) is 5.75 Å². The van der Waals surface area contributed by atoms with Gasteiger partial charge in [-0.05, 0) is 57.9 Å². The zero-order valence-corrected chi connectivity index (χ0v) is 21.6. The number of hydrogen-bond donors (Lipinski definition) is 1. The molecule has 11 nitrogen and oxygen atoms in total. The number of methoxy groups -OCH3 is 1. The SMILES string of the molecule is COc1cc(/C=C(/C#N)C(=O)Nc2cccc(Cl)c2Cl)cc(Br)c1Oc1ccc([N+](=O)[O-])cc1[N+](=O)[O-]. The Hall–Kier alpha value is -4.18. The maximum atomic E-state index is 12.7. The number of non-ortho nitro benzene ring substituents is 1. The molecule has 0 bridgehead atoms. The van der Waals surface area contributed by atoms with Gasteiger partial charge in [0.1, 0.15) is 11.6 Å². The topological polar surface area (TPSA) is 158 Å². The molecule has 0 aliphatic rings. The lowest BCUT2D eigenvalue weighted by Gasteiger charge is -2.13. The largest absolute Gasteiger partial charge is 0.493 e. The maximum absolute atomic E-state index is 12.7. The second kappa shape index (κ2) is 11.7. The molecule has 188 valence electrons. The molecule has 0 saturated carbocycles. The fourth-order valence-corrected chi connectivity index (χ4v) is 3.87. The molecule has 0 saturated heterocycles. The first-order valence-corrected chi connectivity index (χ1v) is 11.5. The van der Waals surface area contributed by atoms with E-state index in [-0.39, 0.29) is 43.0 Å². The summed E-state index contributed by atoms with van der Waals surface area (Å²) in [6.45, 7) is 0. The quantitative estimate of drug-likeness (QED) is 0.125. The van der Waals surface area contributed by atoms with Crippen LogP contribution in [0.3, 0.4) is 0 Å². The van der Waals surface area contributed by atoms with E-state index in [1.165, 1.54) is 31.4 Å². The predicted molar refractivity (Wildman–Crippen MR) is 139 cm³/mol. The lowest BCUT2D eigenvalue weighted by molar-refractivity contribution is -0.394. The third kappa shape index (κ3) is 6.34. The smallest absolute Gasteiger partial charge is 0.318 e. The second-order valence-corrected chi connectivity index (χ2v) is 8.67. The molecule has 0 spiro atoms. The average molecular weight is 608 g/mol. The fourth-order valence-electron chi connectivity index (χ4n) is 2.99. The monoisotopic (exact) mass is 606 g/mol. The molecule has 0 atom stereocenters. The molecule has 3 rings (SSSR count). The summed E-state index contributed by atoms with van der Waals surface area (Å²) in [5.41, 5.74) is -0.822. The molecular formula is C23H13BrCl2N4O7. The molecular weight excluding hydrogens is 595 g/mol. The average Bonchev–Trinajstić information content (AvgIpc) is 2.86. The van der Waals surface area contributed by atoms with E-state index in [4.69, 9.17) is 32.7 Å². The Morgan fingerprint density at radius 3 is 2.46 bits per heavy atom. The van der Waals surface area contributed by atoms with Crippen molar-refractivity contribution in [3.8, 4) is 23.3 Å². The lowest BCUT2D eigenvalue weighted by atomic mass is 10.1. The van der Waals surface area contributed by atoms with Crippen LogP contribution in [-0.4, -0.2) is 22.9 Å². The molecule has 0 unspecified atom stereocenters. The van der Waals surface area contributed by atoms with E-state index in [2.05, 4.69) is 21.2 Å². The summed E-state index contributed by atoms with van der Waals surface area (Å²) in [4.78, 5) is 33.5. The summed E-state index contributed by atoms with van der Waals surface area (Å²) in [5.74, 6) is -0.911. The Labute approximate surface area is 227 Å². The highest BCUT2D eigenvalue weighted by Gasteiger charge is 2.23. The van der Waals surface area contributed by atoms with Crippen molar-refractivity contribution in [2.45, 2.75) is 0 Å². The number of anilines is 1. The van der Waals surface area contributed by atoms with Gasteiger partial charge in [-0.25, -0.2) is 0 Å². The second-order valence-electron chi connectivity index (χ2n) is 7.03. The van der Waals surface area contributed by atoms with Gasteiger partial charge >= 0.3 is 5.69 Å². The standard InChI is InChI=1S/C23H13BrCl2N4O7/c1-36-20-9-12(7-13(11-27)23(31)28-17-4-2-3-16(25)21(17)26)8-15(24)22(20)37-19-6-5-14(29(32)33)10-18(19)30(34)35/h2-10H,1H3,(H,28,31)/b13-7-. The van der Waals surface area contributed by atoms with E-state index in [1.807, 2.05) is 0 Å². The van der Waals surface area contributed by atoms with Crippen molar-refractivity contribution in [3.63, 3.8) is 0 Å². The highest BCUT2D eigenvalue weighted by Crippen LogP contribution is 2.43. The summed E-state index contributed by atoms with van der Waals surface area (Å²) in [6, 6.07) is 12.3. The Morgan fingerprint density at radius 2 is 1.84 bits per heavy atom. The van der Waals surface area contributed by atoms with Crippen LogP contribution in [0.25, 0.3) is 6.08 Å². The number of benzene rings is 3. The molecule has 0 aliphatic heterocycles. The summed E-state index contributed by atoms with van der Waals surface area (Å²) < 4.78 is 11.2. The Kier molecular flexibility index (Phi) is 8.67. The number of carbonyl (C=O) groups excluding carboxylic acids is 1. The summed E-state index contributed by atoms with van der Waals surface area (Å²) in [5, 5.41) is 34.8. The van der Waals surface area contributed by atoms with Gasteiger partial charge in [0.25, 0.3) is 11.6 Å². The number of nitro groups is 2. The number of hydrogen-bond acceptors (Lipinski definition) is 8. The predicted octanol–water partition coefficient (Wildman–Crippen LogP) is 6.92. The zero-order chi connectivity index (χ0) is 27.3. The van der Waals surface area contributed by atoms with Gasteiger partial charge < -0.3 is 14.8 Å². The first-order valence-electron chi connectivity index (χ1n) is 9.91. The minimum atomic E-state index is -0.816. The van der Waals surface area contributed by atoms with Gasteiger partial charge in [0, 0.05) is 6.07 Å². The first kappa shape index (κ1) is 27.4. The van der Waals surface area contributed by atoms with Crippen molar-refractivity contribution in [3.05, 3.63) is 94.4 Å². The van der Waals surface area contributed by atoms with Crippen LogP contribution in [0.4, 0.5) is 17.1 Å². The third-order valence-corrected chi connectivity index (χ3v) is 6.10. The Morgan fingerprint density at radius 1 is 1.11 bits per heavy atom. The van der Waals surface area contributed by atoms with Crippen molar-refractivity contribution in [1.82, 2.24) is 0 Å². The molecule has 0 heterocycles. The minimum Gasteiger partial charge on any atom is -0.493 e. The van der Waals surface area contributed by atoms with Gasteiger partial charge in [0.15, 0.2) is 11.5 Å². The summed E-state index contributed by atoms with van der Waals surface area (Å²) in [7, 11) is 1.31. The zero-order valence-electron chi connectivity index (χ0n) is 18.5. The van der Waals surface area contributed by atoms with Crippen LogP contribution < -0.4 is 14.8 Å². The molecule has 3 aromatic rings. The number of nitrogens with one attached hydrogen (secondary N) is 1. The Balaban J connectivity index is 1.96. The van der Waals surface area contributed by atoms with Crippen LogP contribution >= 0.6 is 39.1 Å². The normalized spacial score (nSPS) is 10.8. The maximum Gasteiger partial charge on any atom is 0.318 e. The van der Waals surface area contributed by atoms with Crippen LogP contribution in [0.2, 0.25) is 10.0 Å². The number of carbonyl (C=O) groups is 1. The molecule has 1 amide bonds. The first-order chi connectivity index (χ1) is 17.5. The van der Waals surface area contributed by atoms with Gasteiger partial charge in [-0.1, -0.05) is 29.3 Å². The fraction of sp³-hybridized carbons (Fsp3) is 0.0435. The summed E-state index contributed by atoms with van der Waals surface area (Å²) >= 11 is 15.3. The number of ether oxygens (including phenoxy) is 2. The van der Waals surface area contributed by atoms with E-state index in [1.54, 1.807) is 18.2 Å². The van der Waals surface area contributed by atoms with Gasteiger partial charge in [-0.3, -0.25) is 25.0 Å². The number of nitro benzene ring substituents is 2. The number of halogens is 3. The van der Waals surface area contributed by atoms with Gasteiger partial charge in [-0.15, -0.1) is 0 Å². The van der Waals surface area contributed by atoms with E-state index >= 15 is 0 Å². The van der Waals surface area contributed by atoms with Crippen molar-refractivity contribution < 1.29 is 24.1 Å². The van der Waals surface area contributed by atoms with Crippen molar-refractivity contribution in [2.75, 3.05) is 12.4 Å². The van der Waals surface area contributed by atoms with Crippen molar-refractivity contribution in [1.29, 1.82) is 5.26 Å². The van der Waals surface area contributed by atoms with Crippen molar-refractivity contribution in [2.24, 2.45) is 0 Å². The highest BCUT2D eigenvalue weighted by molar-refractivity contribution is 9.10. The van der Waals surface area contributed by atoms with E-state index < -0.39 is 27.1 Å². The molecule has 0 aliphatic carbocycles. The molecule has 37 heavy (non-hydrogen) atoms. The van der Waals surface area contributed by atoms with Crippen LogP contribution in [0.5, 0.6) is 17.2 Å². The van der Waals surface area contributed by atoms with Gasteiger partial charge in [0.05, 0.1) is 43.2 Å². The molecule has 14 heteroatoms. The Bertz CT molecular complexity index is 1510. The van der Waals surface area contributed by atoms with Crippen LogP contribution in [0.15, 0.2) is 58.6 Å². The highest BCUT2D eigenvalue weighted by atomic mass is 79.9. The van der Waals surface area contributed by atoms with Crippen LogP contribution in [0, 0.1) is 31.6 Å². The molecule has 1 N–H and O–H groups in total. The number of rotatable bonds is 8. The number of amides is 1. The van der Waals surface area contributed by atoms with Crippen LogP contribution in [-0.2, 0) is 4.79 Å². The third-order valence-electron chi connectivity index (χ3n) is 4.69. The van der Waals surface area contributed by atoms with E-state index in [0.29, 0.717) is 5.56 Å². The minimum absolute atomic E-state index is 0.0188. The molecule has 0 radical (unpaired) electrons. The molecule has 3 aromatic carbocycles. The molecule has 0 fully saturated rings. The van der Waals surface area contributed by atoms with E-state index in [9.17, 15) is 30.3 Å². The van der Waals surface area contributed by atoms with Gasteiger partial charge in [-0.2, -0.15) is 5.26 Å². The van der Waals surface area contributed by atoms with E-state index in [0.717, 1.165) is 18.2 Å². The number of nitrogens with zero attached hydrogens (tertiary/aromatic N) is 3. The lowest BCUT2D eigenvalue weighted by Crippen LogP contribution is -2.13. The summed E-state index contributed by atoms with van der Waals surface area (Å²) in [6.07, 6.45) is 1.28. The molecule has 0 aromatic heterocycles. The van der Waals surface area contributed by atoms with Crippen LogP contribution in [0.1, 0.15) is 5.56 Å². The van der Waals surface area contributed by atoms with Crippen molar-refractivity contribution >= 4 is 68.2 Å². The number of nitriles is 1.